The second-order valence-electron chi connectivity index (χ2n) is 5.49. The van der Waals surface area contributed by atoms with Gasteiger partial charge in [-0.05, 0) is 47.1 Å². The topological polar surface area (TPSA) is 50.4 Å². The molecule has 0 aromatic rings. The highest BCUT2D eigenvalue weighted by atomic mass is 16.6. The highest BCUT2D eigenvalue weighted by Gasteiger charge is 2.23. The average Bonchev–Trinajstić information content (AvgIpc) is 2.16. The summed E-state index contributed by atoms with van der Waals surface area (Å²) in [5, 5.41) is 6.30. The van der Waals surface area contributed by atoms with Crippen molar-refractivity contribution in [1.29, 1.82) is 0 Å². The van der Waals surface area contributed by atoms with Gasteiger partial charge in [0.15, 0.2) is 0 Å². The number of hydrogen-bond acceptors (Lipinski definition) is 3. The van der Waals surface area contributed by atoms with Crippen LogP contribution in [0, 0.1) is 0 Å². The van der Waals surface area contributed by atoms with Crippen LogP contribution in [0.4, 0.5) is 4.79 Å². The molecular weight excluding hydrogens is 204 g/mol. The van der Waals surface area contributed by atoms with Gasteiger partial charge in [-0.15, -0.1) is 0 Å². The number of amides is 1. The number of hydrogen-bond donors (Lipinski definition) is 2. The average molecular weight is 228 g/mol. The Kier molecular flexibility index (Phi) is 4.59. The van der Waals surface area contributed by atoms with Crippen LogP contribution in [0.15, 0.2) is 0 Å². The predicted molar refractivity (Wildman–Crippen MR) is 64.5 cm³/mol. The van der Waals surface area contributed by atoms with Crippen LogP contribution in [-0.2, 0) is 4.74 Å². The van der Waals surface area contributed by atoms with Crippen molar-refractivity contribution in [3.63, 3.8) is 0 Å². The Balaban J connectivity index is 2.32. The van der Waals surface area contributed by atoms with Gasteiger partial charge in [0, 0.05) is 12.1 Å². The smallest absolute Gasteiger partial charge is 0.407 e. The molecule has 1 fully saturated rings. The maximum Gasteiger partial charge on any atom is 0.407 e. The molecule has 1 rings (SSSR count). The summed E-state index contributed by atoms with van der Waals surface area (Å²) in [6, 6.07) is 0.497. The van der Waals surface area contributed by atoms with E-state index < -0.39 is 5.60 Å². The lowest BCUT2D eigenvalue weighted by Gasteiger charge is -2.30. The van der Waals surface area contributed by atoms with Crippen molar-refractivity contribution in [2.24, 2.45) is 0 Å². The van der Waals surface area contributed by atoms with Crippen molar-refractivity contribution < 1.29 is 9.53 Å². The monoisotopic (exact) mass is 228 g/mol. The van der Waals surface area contributed by atoms with Crippen LogP contribution in [0.3, 0.4) is 0 Å². The predicted octanol–water partition coefficient (Wildman–Crippen LogP) is 2.04. The zero-order valence-electron chi connectivity index (χ0n) is 10.8. The maximum absolute atomic E-state index is 11.6. The molecule has 0 aromatic heterocycles. The van der Waals surface area contributed by atoms with E-state index >= 15 is 0 Å². The first kappa shape index (κ1) is 13.3. The summed E-state index contributed by atoms with van der Waals surface area (Å²) >= 11 is 0. The SMILES string of the molecule is C[C@H](NC(=O)OC(C)(C)C)C1CCCCN1. The summed E-state index contributed by atoms with van der Waals surface area (Å²) in [7, 11) is 0. The van der Waals surface area contributed by atoms with Crippen LogP contribution < -0.4 is 10.6 Å². The minimum absolute atomic E-state index is 0.121. The molecule has 0 aromatic carbocycles. The second kappa shape index (κ2) is 5.53. The summed E-state index contributed by atoms with van der Waals surface area (Å²) in [6.45, 7) is 8.68. The van der Waals surface area contributed by atoms with Crippen LogP contribution >= 0.6 is 0 Å². The van der Waals surface area contributed by atoms with Crippen LogP contribution in [0.2, 0.25) is 0 Å². The van der Waals surface area contributed by atoms with Crippen LogP contribution in [0.5, 0.6) is 0 Å². The first-order valence-corrected chi connectivity index (χ1v) is 6.11. The molecule has 0 bridgehead atoms. The quantitative estimate of drug-likeness (QED) is 0.760. The molecule has 1 amide bonds. The molecule has 16 heavy (non-hydrogen) atoms. The molecule has 1 heterocycles. The van der Waals surface area contributed by atoms with Gasteiger partial charge in [0.25, 0.3) is 0 Å². The van der Waals surface area contributed by atoms with Gasteiger partial charge in [0.1, 0.15) is 5.60 Å². The van der Waals surface area contributed by atoms with E-state index in [1.807, 2.05) is 27.7 Å². The maximum atomic E-state index is 11.6. The van der Waals surface area contributed by atoms with Gasteiger partial charge in [-0.3, -0.25) is 0 Å². The highest BCUT2D eigenvalue weighted by molar-refractivity contribution is 5.68. The highest BCUT2D eigenvalue weighted by Crippen LogP contribution is 2.11. The van der Waals surface area contributed by atoms with Crippen molar-refractivity contribution in [2.45, 2.75) is 64.6 Å². The summed E-state index contributed by atoms with van der Waals surface area (Å²) in [6.07, 6.45) is 3.26. The van der Waals surface area contributed by atoms with E-state index in [9.17, 15) is 4.79 Å². The first-order chi connectivity index (χ1) is 7.38. The van der Waals surface area contributed by atoms with Gasteiger partial charge < -0.3 is 15.4 Å². The molecule has 2 atom stereocenters. The third-order valence-corrected chi connectivity index (χ3v) is 2.70. The van der Waals surface area contributed by atoms with E-state index in [1.54, 1.807) is 0 Å². The number of ether oxygens (including phenoxy) is 1. The van der Waals surface area contributed by atoms with Gasteiger partial charge in [-0.1, -0.05) is 6.42 Å². The molecule has 1 aliphatic rings. The molecule has 0 aliphatic carbocycles. The van der Waals surface area contributed by atoms with Gasteiger partial charge in [-0.2, -0.15) is 0 Å². The second-order valence-corrected chi connectivity index (χ2v) is 5.49. The summed E-state index contributed by atoms with van der Waals surface area (Å²) in [5.74, 6) is 0. The molecule has 0 spiro atoms. The Labute approximate surface area is 98.1 Å². The van der Waals surface area contributed by atoms with E-state index in [2.05, 4.69) is 10.6 Å². The zero-order chi connectivity index (χ0) is 12.2. The number of carbonyl (C=O) groups excluding carboxylic acids is 1. The van der Waals surface area contributed by atoms with Crippen LogP contribution in [0.1, 0.15) is 47.0 Å². The van der Waals surface area contributed by atoms with Crippen molar-refractivity contribution in [3.05, 3.63) is 0 Å². The fraction of sp³-hybridized carbons (Fsp3) is 0.917. The Bertz CT molecular complexity index is 230. The molecular formula is C12H24N2O2. The Morgan fingerprint density at radius 3 is 2.62 bits per heavy atom. The van der Waals surface area contributed by atoms with Crippen LogP contribution in [-0.4, -0.2) is 30.3 Å². The minimum atomic E-state index is -0.427. The van der Waals surface area contributed by atoms with E-state index in [1.165, 1.54) is 12.8 Å². The van der Waals surface area contributed by atoms with Crippen molar-refractivity contribution in [2.75, 3.05) is 6.54 Å². The van der Waals surface area contributed by atoms with Gasteiger partial charge in [-0.25, -0.2) is 4.79 Å². The summed E-state index contributed by atoms with van der Waals surface area (Å²) < 4.78 is 5.22. The first-order valence-electron chi connectivity index (χ1n) is 6.11. The van der Waals surface area contributed by atoms with Gasteiger partial charge in [0.05, 0.1) is 0 Å². The van der Waals surface area contributed by atoms with Gasteiger partial charge >= 0.3 is 6.09 Å². The lowest BCUT2D eigenvalue weighted by atomic mass is 9.99. The van der Waals surface area contributed by atoms with E-state index in [0.29, 0.717) is 6.04 Å². The minimum Gasteiger partial charge on any atom is -0.444 e. The fourth-order valence-corrected chi connectivity index (χ4v) is 1.90. The summed E-state index contributed by atoms with van der Waals surface area (Å²) in [4.78, 5) is 11.6. The van der Waals surface area contributed by atoms with E-state index in [-0.39, 0.29) is 12.1 Å². The van der Waals surface area contributed by atoms with E-state index in [4.69, 9.17) is 4.74 Å². The molecule has 0 radical (unpaired) electrons. The van der Waals surface area contributed by atoms with E-state index in [0.717, 1.165) is 13.0 Å². The molecule has 1 saturated heterocycles. The molecule has 0 saturated carbocycles. The number of rotatable bonds is 2. The summed E-state index contributed by atoms with van der Waals surface area (Å²) in [5.41, 5.74) is -0.427. The largest absolute Gasteiger partial charge is 0.444 e. The molecule has 2 N–H and O–H groups in total. The van der Waals surface area contributed by atoms with Gasteiger partial charge in [0.2, 0.25) is 0 Å². The molecule has 94 valence electrons. The zero-order valence-corrected chi connectivity index (χ0v) is 10.8. The molecule has 1 aliphatic heterocycles. The Morgan fingerprint density at radius 2 is 2.12 bits per heavy atom. The number of piperidine rings is 1. The number of alkyl carbamates (subject to hydrolysis) is 1. The van der Waals surface area contributed by atoms with Crippen molar-refractivity contribution >= 4 is 6.09 Å². The third-order valence-electron chi connectivity index (χ3n) is 2.70. The normalized spacial score (nSPS) is 23.6. The van der Waals surface area contributed by atoms with Crippen molar-refractivity contribution in [3.8, 4) is 0 Å². The number of carbonyl (C=O) groups is 1. The van der Waals surface area contributed by atoms with Crippen LogP contribution in [0.25, 0.3) is 0 Å². The molecule has 4 heteroatoms. The lowest BCUT2D eigenvalue weighted by molar-refractivity contribution is 0.0494. The number of nitrogens with one attached hydrogen (secondary N) is 2. The Hall–Kier alpha value is -0.770. The fourth-order valence-electron chi connectivity index (χ4n) is 1.90. The molecule has 4 nitrogen and oxygen atoms in total. The lowest BCUT2D eigenvalue weighted by Crippen LogP contribution is -2.51. The Morgan fingerprint density at radius 1 is 1.44 bits per heavy atom. The molecule has 1 unspecified atom stereocenters. The third kappa shape index (κ3) is 4.84. The van der Waals surface area contributed by atoms with Crippen molar-refractivity contribution in [1.82, 2.24) is 10.6 Å². The standard InChI is InChI=1S/C12H24N2O2/c1-9(10-7-5-6-8-13-10)14-11(15)16-12(2,3)4/h9-10,13H,5-8H2,1-4H3,(H,14,15)/t9-,10?/m0/s1.